The van der Waals surface area contributed by atoms with Gasteiger partial charge in [-0.3, -0.25) is 4.79 Å². The summed E-state index contributed by atoms with van der Waals surface area (Å²) in [5.41, 5.74) is 7.74. The van der Waals surface area contributed by atoms with Crippen molar-refractivity contribution < 1.29 is 14.6 Å². The van der Waals surface area contributed by atoms with Gasteiger partial charge in [-0.2, -0.15) is 0 Å². The van der Waals surface area contributed by atoms with E-state index in [2.05, 4.69) is 10.6 Å². The Hall–Kier alpha value is -1.95. The van der Waals surface area contributed by atoms with Crippen LogP contribution in [0.3, 0.4) is 0 Å². The van der Waals surface area contributed by atoms with Crippen molar-refractivity contribution >= 4 is 23.0 Å². The van der Waals surface area contributed by atoms with Crippen molar-refractivity contribution in [2.75, 3.05) is 36.1 Å². The van der Waals surface area contributed by atoms with Crippen molar-refractivity contribution in [2.24, 2.45) is 0 Å². The molecule has 0 saturated heterocycles. The number of nitrogens with one attached hydrogen (secondary N) is 2. The third kappa shape index (κ3) is 2.59. The molecular formula is C11H15N3O3. The van der Waals surface area contributed by atoms with Gasteiger partial charge in [-0.25, -0.2) is 0 Å². The van der Waals surface area contributed by atoms with Gasteiger partial charge in [0.05, 0.1) is 17.1 Å². The minimum absolute atomic E-state index is 0.0176. The van der Waals surface area contributed by atoms with Crippen molar-refractivity contribution in [2.45, 2.75) is 6.42 Å². The molecule has 17 heavy (non-hydrogen) atoms. The topological polar surface area (TPSA) is 96.6 Å². The lowest BCUT2D eigenvalue weighted by Crippen LogP contribution is -2.25. The number of fused-ring (bicyclic) bond motifs is 1. The van der Waals surface area contributed by atoms with Crippen molar-refractivity contribution in [1.29, 1.82) is 0 Å². The predicted octanol–water partition coefficient (Wildman–Crippen LogP) is 0.394. The maximum atomic E-state index is 11.2. The SMILES string of the molecule is Nc1cc2c(cc1NCCCO)NC(=O)CO2. The molecule has 0 spiro atoms. The molecule has 1 aliphatic rings. The van der Waals surface area contributed by atoms with E-state index in [1.807, 2.05) is 0 Å². The highest BCUT2D eigenvalue weighted by Crippen LogP contribution is 2.34. The highest BCUT2D eigenvalue weighted by molar-refractivity contribution is 5.97. The molecule has 0 radical (unpaired) electrons. The first-order valence-corrected chi connectivity index (χ1v) is 5.41. The van der Waals surface area contributed by atoms with E-state index in [9.17, 15) is 4.79 Å². The van der Waals surface area contributed by atoms with E-state index in [1.54, 1.807) is 12.1 Å². The molecule has 0 fully saturated rings. The number of benzene rings is 1. The molecule has 1 aliphatic heterocycles. The number of carbonyl (C=O) groups is 1. The van der Waals surface area contributed by atoms with Crippen LogP contribution in [-0.4, -0.2) is 30.8 Å². The van der Waals surface area contributed by atoms with Gasteiger partial charge in [0.15, 0.2) is 6.61 Å². The monoisotopic (exact) mass is 237 g/mol. The van der Waals surface area contributed by atoms with E-state index in [0.717, 1.165) is 5.69 Å². The molecule has 1 amide bonds. The Balaban J connectivity index is 2.17. The van der Waals surface area contributed by atoms with Crippen LogP contribution in [0.4, 0.5) is 17.1 Å². The minimum Gasteiger partial charge on any atom is -0.482 e. The van der Waals surface area contributed by atoms with Gasteiger partial charge >= 0.3 is 0 Å². The number of aliphatic hydroxyl groups is 1. The van der Waals surface area contributed by atoms with Crippen LogP contribution in [-0.2, 0) is 4.79 Å². The van der Waals surface area contributed by atoms with E-state index in [0.29, 0.717) is 30.1 Å². The van der Waals surface area contributed by atoms with Gasteiger partial charge in [0.25, 0.3) is 5.91 Å². The zero-order valence-corrected chi connectivity index (χ0v) is 9.32. The van der Waals surface area contributed by atoms with Crippen LogP contribution in [0.25, 0.3) is 0 Å². The number of ether oxygens (including phenoxy) is 1. The second kappa shape index (κ2) is 4.92. The number of nitrogen functional groups attached to an aromatic ring is 1. The van der Waals surface area contributed by atoms with E-state index in [-0.39, 0.29) is 19.1 Å². The average Bonchev–Trinajstić information content (AvgIpc) is 2.31. The first-order valence-electron chi connectivity index (χ1n) is 5.41. The lowest BCUT2D eigenvalue weighted by Gasteiger charge is -2.20. The first kappa shape index (κ1) is 11.5. The molecule has 0 aliphatic carbocycles. The number of anilines is 3. The molecule has 0 saturated carbocycles. The zero-order chi connectivity index (χ0) is 12.3. The molecule has 6 nitrogen and oxygen atoms in total. The molecular weight excluding hydrogens is 222 g/mol. The summed E-state index contributed by atoms with van der Waals surface area (Å²) in [6.07, 6.45) is 0.638. The highest BCUT2D eigenvalue weighted by atomic mass is 16.5. The highest BCUT2D eigenvalue weighted by Gasteiger charge is 2.17. The summed E-state index contributed by atoms with van der Waals surface area (Å²) in [4.78, 5) is 11.2. The second-order valence-corrected chi connectivity index (χ2v) is 3.78. The van der Waals surface area contributed by atoms with Crippen LogP contribution in [0.15, 0.2) is 12.1 Å². The van der Waals surface area contributed by atoms with Gasteiger partial charge in [0, 0.05) is 19.2 Å². The van der Waals surface area contributed by atoms with E-state index in [4.69, 9.17) is 15.6 Å². The van der Waals surface area contributed by atoms with Gasteiger partial charge in [-0.05, 0) is 12.5 Å². The van der Waals surface area contributed by atoms with E-state index in [1.165, 1.54) is 0 Å². The Morgan fingerprint density at radius 2 is 2.35 bits per heavy atom. The first-order chi connectivity index (χ1) is 8.20. The lowest BCUT2D eigenvalue weighted by molar-refractivity contribution is -0.118. The zero-order valence-electron chi connectivity index (χ0n) is 9.32. The lowest BCUT2D eigenvalue weighted by atomic mass is 10.2. The molecule has 6 heteroatoms. The van der Waals surface area contributed by atoms with Crippen LogP contribution in [0, 0.1) is 0 Å². The summed E-state index contributed by atoms with van der Waals surface area (Å²) in [6, 6.07) is 3.41. The van der Waals surface area contributed by atoms with Crippen LogP contribution < -0.4 is 21.1 Å². The second-order valence-electron chi connectivity index (χ2n) is 3.78. The summed E-state index contributed by atoms with van der Waals surface area (Å²) in [6.45, 7) is 0.760. The Bertz CT molecular complexity index is 434. The van der Waals surface area contributed by atoms with Gasteiger partial charge < -0.3 is 26.2 Å². The van der Waals surface area contributed by atoms with Crippen molar-refractivity contribution in [3.05, 3.63) is 12.1 Å². The fourth-order valence-corrected chi connectivity index (χ4v) is 1.60. The standard InChI is InChI=1S/C11H15N3O3/c12-7-4-10-9(14-11(16)6-17-10)5-8(7)13-2-1-3-15/h4-5,13,15H,1-3,6,12H2,(H,14,16). The van der Waals surface area contributed by atoms with Crippen LogP contribution >= 0.6 is 0 Å². The molecule has 1 aromatic carbocycles. The van der Waals surface area contributed by atoms with Crippen molar-refractivity contribution in [3.63, 3.8) is 0 Å². The largest absolute Gasteiger partial charge is 0.482 e. The van der Waals surface area contributed by atoms with Crippen LogP contribution in [0.1, 0.15) is 6.42 Å². The third-order valence-corrected chi connectivity index (χ3v) is 2.43. The Kier molecular flexibility index (Phi) is 3.34. The average molecular weight is 237 g/mol. The maximum Gasteiger partial charge on any atom is 0.262 e. The molecule has 0 unspecified atom stereocenters. The minimum atomic E-state index is -0.177. The summed E-state index contributed by atoms with van der Waals surface area (Å²) in [5, 5.41) is 14.5. The van der Waals surface area contributed by atoms with Gasteiger partial charge in [-0.1, -0.05) is 0 Å². The molecule has 5 N–H and O–H groups in total. The third-order valence-electron chi connectivity index (χ3n) is 2.43. The quantitative estimate of drug-likeness (QED) is 0.449. The smallest absolute Gasteiger partial charge is 0.262 e. The van der Waals surface area contributed by atoms with Gasteiger partial charge in [0.2, 0.25) is 0 Å². The number of hydrogen-bond acceptors (Lipinski definition) is 5. The molecule has 0 aromatic heterocycles. The Morgan fingerprint density at radius 1 is 1.53 bits per heavy atom. The summed E-state index contributed by atoms with van der Waals surface area (Å²) >= 11 is 0. The summed E-state index contributed by atoms with van der Waals surface area (Å²) in [5.74, 6) is 0.401. The number of aliphatic hydroxyl groups excluding tert-OH is 1. The molecule has 2 rings (SSSR count). The van der Waals surface area contributed by atoms with Crippen LogP contribution in [0.5, 0.6) is 5.75 Å². The molecule has 1 heterocycles. The summed E-state index contributed by atoms with van der Waals surface area (Å²) < 4.78 is 5.24. The van der Waals surface area contributed by atoms with E-state index >= 15 is 0 Å². The molecule has 0 bridgehead atoms. The Morgan fingerprint density at radius 3 is 3.12 bits per heavy atom. The molecule has 0 atom stereocenters. The summed E-state index contributed by atoms with van der Waals surface area (Å²) in [7, 11) is 0. The number of nitrogens with two attached hydrogens (primary N) is 1. The van der Waals surface area contributed by atoms with Crippen molar-refractivity contribution in [1.82, 2.24) is 0 Å². The number of carbonyl (C=O) groups excluding carboxylic acids is 1. The van der Waals surface area contributed by atoms with Crippen LogP contribution in [0.2, 0.25) is 0 Å². The molecule has 92 valence electrons. The Labute approximate surface area is 98.8 Å². The normalized spacial score (nSPS) is 13.6. The maximum absolute atomic E-state index is 11.2. The fraction of sp³-hybridized carbons (Fsp3) is 0.364. The molecule has 1 aromatic rings. The number of amides is 1. The fourth-order valence-electron chi connectivity index (χ4n) is 1.60. The van der Waals surface area contributed by atoms with Gasteiger partial charge in [-0.15, -0.1) is 0 Å². The van der Waals surface area contributed by atoms with Gasteiger partial charge in [0.1, 0.15) is 5.75 Å². The van der Waals surface area contributed by atoms with Crippen molar-refractivity contribution in [3.8, 4) is 5.75 Å². The predicted molar refractivity (Wildman–Crippen MR) is 65.2 cm³/mol. The number of rotatable bonds is 4. The van der Waals surface area contributed by atoms with E-state index < -0.39 is 0 Å². The number of hydrogen-bond donors (Lipinski definition) is 4.